The Morgan fingerprint density at radius 1 is 1.32 bits per heavy atom. The Morgan fingerprint density at radius 3 is 2.53 bits per heavy atom. The number of thiophene rings is 1. The average Bonchev–Trinajstić information content (AvgIpc) is 2.75. The molecule has 0 saturated heterocycles. The fraction of sp³-hybridized carbons (Fsp3) is 0.214. The second-order valence-electron chi connectivity index (χ2n) is 4.51. The van der Waals surface area contributed by atoms with Crippen LogP contribution in [0, 0.1) is 5.41 Å². The summed E-state index contributed by atoms with van der Waals surface area (Å²) in [4.78, 5) is 3.61. The standard InChI is InChI=1S/C14H16BrN3S/c1-18(8-13-6-12(15)9-19-13)7-10-2-4-11(5-3-10)14(16)17/h2-6,9H,7-8H2,1H3,(H3,16,17). The van der Waals surface area contributed by atoms with E-state index in [0.717, 1.165) is 23.1 Å². The normalized spacial score (nSPS) is 10.9. The van der Waals surface area contributed by atoms with Gasteiger partial charge >= 0.3 is 0 Å². The molecule has 0 bridgehead atoms. The molecule has 0 atom stereocenters. The lowest BCUT2D eigenvalue weighted by Gasteiger charge is -2.15. The molecule has 0 radical (unpaired) electrons. The van der Waals surface area contributed by atoms with Crippen molar-refractivity contribution in [2.45, 2.75) is 13.1 Å². The lowest BCUT2D eigenvalue weighted by molar-refractivity contribution is 0.322. The Hall–Kier alpha value is -1.17. The third-order valence-corrected chi connectivity index (χ3v) is 4.45. The van der Waals surface area contributed by atoms with Crippen LogP contribution in [0.3, 0.4) is 0 Å². The van der Waals surface area contributed by atoms with E-state index in [9.17, 15) is 0 Å². The van der Waals surface area contributed by atoms with Gasteiger partial charge < -0.3 is 5.73 Å². The topological polar surface area (TPSA) is 53.1 Å². The number of amidine groups is 1. The van der Waals surface area contributed by atoms with Crippen LogP contribution in [-0.2, 0) is 13.1 Å². The maximum Gasteiger partial charge on any atom is 0.122 e. The van der Waals surface area contributed by atoms with Crippen molar-refractivity contribution in [2.75, 3.05) is 7.05 Å². The Balaban J connectivity index is 1.94. The number of nitrogens with one attached hydrogen (secondary N) is 1. The van der Waals surface area contributed by atoms with E-state index in [2.05, 4.69) is 39.3 Å². The van der Waals surface area contributed by atoms with E-state index in [1.807, 2.05) is 24.3 Å². The molecular weight excluding hydrogens is 322 g/mol. The van der Waals surface area contributed by atoms with Crippen molar-refractivity contribution in [2.24, 2.45) is 5.73 Å². The molecule has 1 aromatic heterocycles. The monoisotopic (exact) mass is 337 g/mol. The summed E-state index contributed by atoms with van der Waals surface area (Å²) in [5.74, 6) is 0.114. The number of hydrogen-bond acceptors (Lipinski definition) is 3. The molecule has 3 N–H and O–H groups in total. The largest absolute Gasteiger partial charge is 0.384 e. The van der Waals surface area contributed by atoms with Gasteiger partial charge in [0, 0.05) is 33.4 Å². The summed E-state index contributed by atoms with van der Waals surface area (Å²) >= 11 is 5.23. The molecule has 0 aliphatic heterocycles. The van der Waals surface area contributed by atoms with E-state index in [-0.39, 0.29) is 5.84 Å². The maximum atomic E-state index is 7.36. The Bertz CT molecular complexity index is 562. The quantitative estimate of drug-likeness (QED) is 0.648. The number of nitrogens with zero attached hydrogens (tertiary/aromatic N) is 1. The van der Waals surface area contributed by atoms with Gasteiger partial charge in [0.05, 0.1) is 0 Å². The first kappa shape index (κ1) is 14.2. The van der Waals surface area contributed by atoms with Crippen molar-refractivity contribution in [3.05, 3.63) is 56.2 Å². The van der Waals surface area contributed by atoms with Gasteiger partial charge in [-0.25, -0.2) is 0 Å². The number of nitrogens with two attached hydrogens (primary N) is 1. The van der Waals surface area contributed by atoms with Gasteiger partial charge in [0.1, 0.15) is 5.84 Å². The molecule has 0 aliphatic rings. The highest BCUT2D eigenvalue weighted by Crippen LogP contribution is 2.21. The molecule has 5 heteroatoms. The highest BCUT2D eigenvalue weighted by Gasteiger charge is 2.04. The third kappa shape index (κ3) is 4.16. The van der Waals surface area contributed by atoms with Crippen LogP contribution in [0.2, 0.25) is 0 Å². The molecule has 19 heavy (non-hydrogen) atoms. The number of hydrogen-bond donors (Lipinski definition) is 2. The van der Waals surface area contributed by atoms with Gasteiger partial charge in [-0.05, 0) is 34.6 Å². The van der Waals surface area contributed by atoms with Crippen LogP contribution in [0.5, 0.6) is 0 Å². The van der Waals surface area contributed by atoms with Crippen molar-refractivity contribution in [1.29, 1.82) is 5.41 Å². The first-order chi connectivity index (χ1) is 9.04. The summed E-state index contributed by atoms with van der Waals surface area (Å²) in [5.41, 5.74) is 7.44. The van der Waals surface area contributed by atoms with Crippen LogP contribution < -0.4 is 5.73 Å². The van der Waals surface area contributed by atoms with E-state index in [1.165, 1.54) is 10.4 Å². The Morgan fingerprint density at radius 2 is 2.00 bits per heavy atom. The summed E-state index contributed by atoms with van der Waals surface area (Å²) < 4.78 is 1.15. The molecule has 2 aromatic rings. The molecule has 0 spiro atoms. The van der Waals surface area contributed by atoms with E-state index in [1.54, 1.807) is 11.3 Å². The molecule has 0 fully saturated rings. The van der Waals surface area contributed by atoms with Gasteiger partial charge in [0.2, 0.25) is 0 Å². The summed E-state index contributed by atoms with van der Waals surface area (Å²) in [6.45, 7) is 1.82. The first-order valence-electron chi connectivity index (χ1n) is 5.89. The minimum atomic E-state index is 0.114. The van der Waals surface area contributed by atoms with Gasteiger partial charge in [-0.15, -0.1) is 11.3 Å². The van der Waals surface area contributed by atoms with E-state index >= 15 is 0 Å². The van der Waals surface area contributed by atoms with Gasteiger partial charge in [-0.3, -0.25) is 10.3 Å². The van der Waals surface area contributed by atoms with Crippen LogP contribution in [0.4, 0.5) is 0 Å². The molecule has 100 valence electrons. The molecule has 1 aromatic carbocycles. The minimum Gasteiger partial charge on any atom is -0.384 e. The smallest absolute Gasteiger partial charge is 0.122 e. The van der Waals surface area contributed by atoms with Gasteiger partial charge in [0.25, 0.3) is 0 Å². The van der Waals surface area contributed by atoms with Crippen LogP contribution in [0.25, 0.3) is 0 Å². The average molecular weight is 338 g/mol. The van der Waals surface area contributed by atoms with Crippen molar-refractivity contribution < 1.29 is 0 Å². The Kier molecular flexibility index (Phi) is 4.74. The van der Waals surface area contributed by atoms with Crippen molar-refractivity contribution in [1.82, 2.24) is 4.90 Å². The predicted molar refractivity (Wildman–Crippen MR) is 84.6 cm³/mol. The van der Waals surface area contributed by atoms with Gasteiger partial charge in [-0.1, -0.05) is 24.3 Å². The third-order valence-electron chi connectivity index (χ3n) is 2.76. The fourth-order valence-electron chi connectivity index (χ4n) is 1.86. The van der Waals surface area contributed by atoms with Crippen molar-refractivity contribution in [3.63, 3.8) is 0 Å². The molecule has 0 unspecified atom stereocenters. The second kappa shape index (κ2) is 6.32. The van der Waals surface area contributed by atoms with E-state index in [4.69, 9.17) is 11.1 Å². The molecule has 2 rings (SSSR count). The zero-order chi connectivity index (χ0) is 13.8. The SMILES string of the molecule is CN(Cc1ccc(C(=N)N)cc1)Cc1cc(Br)cs1. The van der Waals surface area contributed by atoms with Gasteiger partial charge in [0.15, 0.2) is 0 Å². The molecule has 0 saturated carbocycles. The first-order valence-corrected chi connectivity index (χ1v) is 7.56. The van der Waals surface area contributed by atoms with Crippen molar-refractivity contribution in [3.8, 4) is 0 Å². The lowest BCUT2D eigenvalue weighted by Crippen LogP contribution is -2.17. The molecule has 0 aliphatic carbocycles. The summed E-state index contributed by atoms with van der Waals surface area (Å²) in [6.07, 6.45) is 0. The fourth-order valence-corrected chi connectivity index (χ4v) is 3.39. The zero-order valence-electron chi connectivity index (χ0n) is 10.7. The molecular formula is C14H16BrN3S. The molecule has 1 heterocycles. The van der Waals surface area contributed by atoms with E-state index < -0.39 is 0 Å². The van der Waals surface area contributed by atoms with Crippen LogP contribution in [-0.4, -0.2) is 17.8 Å². The molecule has 0 amide bonds. The number of nitrogen functional groups attached to an aromatic ring is 1. The van der Waals surface area contributed by atoms with Gasteiger partial charge in [-0.2, -0.15) is 0 Å². The van der Waals surface area contributed by atoms with Crippen LogP contribution >= 0.6 is 27.3 Å². The highest BCUT2D eigenvalue weighted by molar-refractivity contribution is 9.10. The van der Waals surface area contributed by atoms with Crippen LogP contribution in [0.15, 0.2) is 40.2 Å². The maximum absolute atomic E-state index is 7.36. The highest BCUT2D eigenvalue weighted by atomic mass is 79.9. The second-order valence-corrected chi connectivity index (χ2v) is 6.43. The zero-order valence-corrected chi connectivity index (χ0v) is 13.1. The van der Waals surface area contributed by atoms with E-state index in [0.29, 0.717) is 0 Å². The number of benzene rings is 1. The Labute approximate surface area is 125 Å². The minimum absolute atomic E-state index is 0.114. The summed E-state index contributed by atoms with van der Waals surface area (Å²) in [6, 6.07) is 10.00. The summed E-state index contributed by atoms with van der Waals surface area (Å²) in [7, 11) is 2.10. The number of rotatable bonds is 5. The predicted octanol–water partition coefficient (Wildman–Crippen LogP) is 3.43. The summed E-state index contributed by atoms with van der Waals surface area (Å²) in [5, 5.41) is 9.46. The van der Waals surface area contributed by atoms with Crippen LogP contribution in [0.1, 0.15) is 16.0 Å². The van der Waals surface area contributed by atoms with Crippen molar-refractivity contribution >= 4 is 33.1 Å². The number of halogens is 1. The molecule has 3 nitrogen and oxygen atoms in total. The lowest BCUT2D eigenvalue weighted by atomic mass is 10.1.